The largest absolute Gasteiger partial charge is 0.379 e. The molecule has 0 spiro atoms. The summed E-state index contributed by atoms with van der Waals surface area (Å²) in [4.78, 5) is 14.5. The topological polar surface area (TPSA) is 68.1 Å². The summed E-state index contributed by atoms with van der Waals surface area (Å²) in [7, 11) is 0. The molecule has 6 heteroatoms. The van der Waals surface area contributed by atoms with E-state index in [1.807, 2.05) is 18.2 Å². The molecule has 0 saturated carbocycles. The Hall–Kier alpha value is -1.95. The number of halogens is 1. The molecule has 0 aliphatic carbocycles. The van der Waals surface area contributed by atoms with Gasteiger partial charge in [-0.05, 0) is 34.1 Å². The average molecular weight is 308 g/mol. The summed E-state index contributed by atoms with van der Waals surface area (Å²) in [5.41, 5.74) is 1.63. The molecule has 18 heavy (non-hydrogen) atoms. The van der Waals surface area contributed by atoms with Gasteiger partial charge >= 0.3 is 0 Å². The second-order valence-corrected chi connectivity index (χ2v) is 4.43. The fourth-order valence-corrected chi connectivity index (χ4v) is 1.85. The highest BCUT2D eigenvalue weighted by Gasteiger charge is 2.05. The van der Waals surface area contributed by atoms with Crippen molar-refractivity contribution in [3.05, 3.63) is 62.9 Å². The third-order valence-corrected chi connectivity index (χ3v) is 2.75. The van der Waals surface area contributed by atoms with Crippen LogP contribution in [0.2, 0.25) is 0 Å². The maximum absolute atomic E-state index is 10.6. The van der Waals surface area contributed by atoms with Gasteiger partial charge < -0.3 is 5.32 Å². The van der Waals surface area contributed by atoms with Crippen LogP contribution in [0.15, 0.2) is 47.1 Å². The van der Waals surface area contributed by atoms with Crippen LogP contribution in [0.1, 0.15) is 5.69 Å². The van der Waals surface area contributed by atoms with Crippen molar-refractivity contribution in [1.82, 2.24) is 4.98 Å². The zero-order chi connectivity index (χ0) is 13.0. The third-order valence-electron chi connectivity index (χ3n) is 2.30. The molecule has 0 unspecified atom stereocenters. The first kappa shape index (κ1) is 12.5. The monoisotopic (exact) mass is 307 g/mol. The minimum absolute atomic E-state index is 0.0715. The van der Waals surface area contributed by atoms with Gasteiger partial charge in [-0.2, -0.15) is 0 Å². The normalized spacial score (nSPS) is 10.1. The molecule has 0 amide bonds. The summed E-state index contributed by atoms with van der Waals surface area (Å²) >= 11 is 3.29. The second kappa shape index (κ2) is 5.59. The molecule has 1 heterocycles. The summed E-state index contributed by atoms with van der Waals surface area (Å²) < 4.78 is 0.765. The van der Waals surface area contributed by atoms with E-state index >= 15 is 0 Å². The second-order valence-electron chi connectivity index (χ2n) is 3.61. The van der Waals surface area contributed by atoms with Crippen molar-refractivity contribution in [2.75, 3.05) is 5.32 Å². The van der Waals surface area contributed by atoms with Crippen molar-refractivity contribution in [3.8, 4) is 0 Å². The first-order chi connectivity index (χ1) is 8.65. The lowest BCUT2D eigenvalue weighted by Gasteiger charge is -2.05. The first-order valence-electron chi connectivity index (χ1n) is 5.25. The number of pyridine rings is 1. The van der Waals surface area contributed by atoms with Crippen molar-refractivity contribution in [3.63, 3.8) is 0 Å². The molecule has 0 aliphatic heterocycles. The number of anilines is 1. The molecule has 2 aromatic rings. The van der Waals surface area contributed by atoms with Crippen LogP contribution < -0.4 is 5.32 Å². The number of hydrogen-bond acceptors (Lipinski definition) is 4. The summed E-state index contributed by atoms with van der Waals surface area (Å²) in [6, 6.07) is 12.0. The fraction of sp³-hybridized carbons (Fsp3) is 0.0833. The van der Waals surface area contributed by atoms with Crippen LogP contribution in [0, 0.1) is 10.1 Å². The SMILES string of the molecule is O=[N+]([O-])c1cccc(NCc2cccc(Br)n2)c1. The van der Waals surface area contributed by atoms with Crippen LogP contribution in [0.25, 0.3) is 0 Å². The van der Waals surface area contributed by atoms with Crippen molar-refractivity contribution in [1.29, 1.82) is 0 Å². The van der Waals surface area contributed by atoms with Crippen molar-refractivity contribution in [2.45, 2.75) is 6.54 Å². The van der Waals surface area contributed by atoms with Gasteiger partial charge in [0, 0.05) is 17.8 Å². The predicted octanol–water partition coefficient (Wildman–Crippen LogP) is 3.36. The van der Waals surface area contributed by atoms with Crippen LogP contribution in [0.5, 0.6) is 0 Å². The highest BCUT2D eigenvalue weighted by Crippen LogP contribution is 2.17. The number of nitrogens with zero attached hydrogens (tertiary/aromatic N) is 2. The number of non-ortho nitro benzene ring substituents is 1. The third kappa shape index (κ3) is 3.27. The minimum atomic E-state index is -0.414. The molecular weight excluding hydrogens is 298 g/mol. The van der Waals surface area contributed by atoms with Crippen molar-refractivity contribution in [2.24, 2.45) is 0 Å². The van der Waals surface area contributed by atoms with Gasteiger partial charge in [0.1, 0.15) is 4.60 Å². The Kier molecular flexibility index (Phi) is 3.88. The molecule has 5 nitrogen and oxygen atoms in total. The summed E-state index contributed by atoms with van der Waals surface area (Å²) in [6.45, 7) is 0.514. The number of nitro groups is 1. The average Bonchev–Trinajstić information content (AvgIpc) is 2.37. The van der Waals surface area contributed by atoms with E-state index in [2.05, 4.69) is 26.2 Å². The quantitative estimate of drug-likeness (QED) is 0.534. The maximum Gasteiger partial charge on any atom is 0.271 e. The van der Waals surface area contributed by atoms with Gasteiger partial charge in [0.2, 0.25) is 0 Å². The molecule has 1 N–H and O–H groups in total. The van der Waals surface area contributed by atoms with E-state index in [9.17, 15) is 10.1 Å². The van der Waals surface area contributed by atoms with E-state index in [1.54, 1.807) is 12.1 Å². The molecule has 0 saturated heterocycles. The molecule has 92 valence electrons. The molecule has 0 bridgehead atoms. The van der Waals surface area contributed by atoms with E-state index in [0.717, 1.165) is 10.3 Å². The van der Waals surface area contributed by atoms with Gasteiger partial charge in [-0.15, -0.1) is 0 Å². The minimum Gasteiger partial charge on any atom is -0.379 e. The molecule has 0 fully saturated rings. The Morgan fingerprint density at radius 2 is 2.06 bits per heavy atom. The van der Waals surface area contributed by atoms with Crippen LogP contribution in [-0.4, -0.2) is 9.91 Å². The summed E-state index contributed by atoms with van der Waals surface area (Å²) in [6.07, 6.45) is 0. The number of benzene rings is 1. The number of nitro benzene ring substituents is 1. The van der Waals surface area contributed by atoms with E-state index < -0.39 is 4.92 Å². The summed E-state index contributed by atoms with van der Waals surface area (Å²) in [5.74, 6) is 0. The lowest BCUT2D eigenvalue weighted by atomic mass is 10.2. The molecular formula is C12H10BrN3O2. The highest BCUT2D eigenvalue weighted by molar-refractivity contribution is 9.10. The molecule has 0 radical (unpaired) electrons. The maximum atomic E-state index is 10.6. The Morgan fingerprint density at radius 1 is 1.28 bits per heavy atom. The highest BCUT2D eigenvalue weighted by atomic mass is 79.9. The smallest absolute Gasteiger partial charge is 0.271 e. The van der Waals surface area contributed by atoms with Crippen LogP contribution in [0.4, 0.5) is 11.4 Å². The first-order valence-corrected chi connectivity index (χ1v) is 6.04. The van der Waals surface area contributed by atoms with Gasteiger partial charge in [0.15, 0.2) is 0 Å². The number of aromatic nitrogens is 1. The predicted molar refractivity (Wildman–Crippen MR) is 72.4 cm³/mol. The lowest BCUT2D eigenvalue weighted by Crippen LogP contribution is -2.02. The molecule has 2 rings (SSSR count). The Bertz CT molecular complexity index is 575. The standard InChI is InChI=1S/C12H10BrN3O2/c13-12-6-2-4-10(15-12)8-14-9-3-1-5-11(7-9)16(17)18/h1-7,14H,8H2. The van der Waals surface area contributed by atoms with Crippen LogP contribution in [0.3, 0.4) is 0 Å². The van der Waals surface area contributed by atoms with Crippen LogP contribution in [-0.2, 0) is 6.54 Å². The van der Waals surface area contributed by atoms with Crippen LogP contribution >= 0.6 is 15.9 Å². The van der Waals surface area contributed by atoms with Gasteiger partial charge in [-0.3, -0.25) is 10.1 Å². The van der Waals surface area contributed by atoms with Gasteiger partial charge in [0.25, 0.3) is 5.69 Å². The van der Waals surface area contributed by atoms with E-state index in [0.29, 0.717) is 12.2 Å². The molecule has 1 aromatic carbocycles. The van der Waals surface area contributed by atoms with Gasteiger partial charge in [-0.25, -0.2) is 4.98 Å². The molecule has 0 aliphatic rings. The number of nitrogens with one attached hydrogen (secondary N) is 1. The van der Waals surface area contributed by atoms with Crippen molar-refractivity contribution >= 4 is 27.3 Å². The Morgan fingerprint density at radius 3 is 2.78 bits per heavy atom. The van der Waals surface area contributed by atoms with Gasteiger partial charge in [-0.1, -0.05) is 12.1 Å². The summed E-state index contributed by atoms with van der Waals surface area (Å²) in [5, 5.41) is 13.7. The van der Waals surface area contributed by atoms with Gasteiger partial charge in [0.05, 0.1) is 17.2 Å². The molecule has 0 atom stereocenters. The Balaban J connectivity index is 2.06. The lowest BCUT2D eigenvalue weighted by molar-refractivity contribution is -0.384. The Labute approximate surface area is 112 Å². The van der Waals surface area contributed by atoms with E-state index in [1.165, 1.54) is 12.1 Å². The number of hydrogen-bond donors (Lipinski definition) is 1. The zero-order valence-electron chi connectivity index (χ0n) is 9.34. The van der Waals surface area contributed by atoms with E-state index in [4.69, 9.17) is 0 Å². The van der Waals surface area contributed by atoms with Crippen molar-refractivity contribution < 1.29 is 4.92 Å². The van der Waals surface area contributed by atoms with E-state index in [-0.39, 0.29) is 5.69 Å². The fourth-order valence-electron chi connectivity index (χ4n) is 1.47. The molecule has 1 aromatic heterocycles. The number of rotatable bonds is 4. The zero-order valence-corrected chi connectivity index (χ0v) is 10.9.